The molecule has 1 amide bonds. The molecule has 12 heteroatoms. The highest BCUT2D eigenvalue weighted by Crippen LogP contribution is 2.22. The number of carbonyl (C=O) groups is 1. The largest absolute Gasteiger partial charge is 0.500 e. The number of nitro benzene ring substituents is 2. The fourth-order valence-electron chi connectivity index (χ4n) is 2.26. The Bertz CT molecular complexity index is 563. The van der Waals surface area contributed by atoms with E-state index in [4.69, 9.17) is 19.0 Å². The average molecular weight is 417 g/mol. The van der Waals surface area contributed by atoms with Crippen LogP contribution in [0.4, 0.5) is 11.4 Å². The molecule has 28 heavy (non-hydrogen) atoms. The monoisotopic (exact) mass is 417 g/mol. The molecule has 0 fully saturated rings. The van der Waals surface area contributed by atoms with Gasteiger partial charge in [-0.1, -0.05) is 13.3 Å². The fourth-order valence-corrected chi connectivity index (χ4v) is 4.87. The lowest BCUT2D eigenvalue weighted by Gasteiger charge is -2.27. The Hall–Kier alpha value is -2.41. The van der Waals surface area contributed by atoms with E-state index >= 15 is 0 Å². The number of carbonyl (C=O) groups excluding carboxylic acids is 1. The summed E-state index contributed by atoms with van der Waals surface area (Å²) in [5, 5.41) is 20.8. The van der Waals surface area contributed by atoms with E-state index in [1.54, 1.807) is 0 Å². The number of nitro groups is 2. The van der Waals surface area contributed by atoms with Crippen LogP contribution < -0.4 is 5.73 Å². The van der Waals surface area contributed by atoms with E-state index < -0.39 is 35.9 Å². The molecule has 2 N–H and O–H groups in total. The minimum absolute atomic E-state index is 0.268. The summed E-state index contributed by atoms with van der Waals surface area (Å²) in [5.41, 5.74) is 3.51. The van der Waals surface area contributed by atoms with Crippen LogP contribution in [0.15, 0.2) is 18.2 Å². The molecule has 11 nitrogen and oxygen atoms in total. The van der Waals surface area contributed by atoms with E-state index in [1.807, 2.05) is 20.8 Å². The quantitative estimate of drug-likeness (QED) is 0.327. The Morgan fingerprint density at radius 3 is 1.57 bits per heavy atom. The van der Waals surface area contributed by atoms with Crippen LogP contribution in [0.5, 0.6) is 0 Å². The number of primary amides is 1. The molecule has 0 atom stereocenters. The van der Waals surface area contributed by atoms with E-state index in [0.29, 0.717) is 19.8 Å². The van der Waals surface area contributed by atoms with E-state index in [1.165, 1.54) is 0 Å². The van der Waals surface area contributed by atoms with Gasteiger partial charge in [0, 0.05) is 38.0 Å². The molecule has 158 valence electrons. The Morgan fingerprint density at radius 1 is 0.929 bits per heavy atom. The zero-order valence-electron chi connectivity index (χ0n) is 16.5. The summed E-state index contributed by atoms with van der Waals surface area (Å²) in [7, 11) is -2.30. The Labute approximate surface area is 164 Å². The van der Waals surface area contributed by atoms with Gasteiger partial charge in [-0.15, -0.1) is 0 Å². The predicted molar refractivity (Wildman–Crippen MR) is 104 cm³/mol. The van der Waals surface area contributed by atoms with Crippen molar-refractivity contribution >= 4 is 26.1 Å². The summed E-state index contributed by atoms with van der Waals surface area (Å²) in [4.78, 5) is 29.8. The van der Waals surface area contributed by atoms with Gasteiger partial charge in [0.25, 0.3) is 11.4 Å². The van der Waals surface area contributed by atoms with Crippen molar-refractivity contribution in [3.8, 4) is 0 Å². The molecule has 0 heterocycles. The third-order valence-electron chi connectivity index (χ3n) is 3.26. The zero-order chi connectivity index (χ0) is 21.7. The minimum Gasteiger partial charge on any atom is -0.374 e. The van der Waals surface area contributed by atoms with Gasteiger partial charge in [0.1, 0.15) is 0 Å². The van der Waals surface area contributed by atoms with Gasteiger partial charge in [0.05, 0.1) is 21.5 Å². The summed E-state index contributed by atoms with van der Waals surface area (Å²) in [5.74, 6) is -0.957. The van der Waals surface area contributed by atoms with Crippen molar-refractivity contribution in [1.29, 1.82) is 0 Å². The normalized spacial score (nSPS) is 10.7. The number of hydrogen-bond donors (Lipinski definition) is 1. The summed E-state index contributed by atoms with van der Waals surface area (Å²) >= 11 is 0. The molecule has 0 saturated heterocycles. The highest BCUT2D eigenvalue weighted by atomic mass is 28.4. The second kappa shape index (κ2) is 12.9. The zero-order valence-corrected chi connectivity index (χ0v) is 17.5. The second-order valence-corrected chi connectivity index (χ2v) is 8.08. The molecular formula is C16H27N3O8Si. The van der Waals surface area contributed by atoms with Crippen LogP contribution in [0.3, 0.4) is 0 Å². The van der Waals surface area contributed by atoms with E-state index in [9.17, 15) is 25.0 Å². The number of benzene rings is 1. The number of hydrogen-bond acceptors (Lipinski definition) is 8. The number of nitrogens with two attached hydrogens (primary N) is 1. The predicted octanol–water partition coefficient (Wildman–Crippen LogP) is 3.05. The van der Waals surface area contributed by atoms with Gasteiger partial charge in [0.15, 0.2) is 0 Å². The molecule has 1 aromatic carbocycles. The first-order valence-corrected chi connectivity index (χ1v) is 10.7. The maximum absolute atomic E-state index is 10.7. The summed E-state index contributed by atoms with van der Waals surface area (Å²) < 4.78 is 16.9. The Balaban J connectivity index is 0.000000528. The van der Waals surface area contributed by atoms with Gasteiger partial charge >= 0.3 is 8.80 Å². The first-order valence-electron chi connectivity index (χ1n) is 8.81. The molecule has 0 aliphatic rings. The maximum atomic E-state index is 10.7. The van der Waals surface area contributed by atoms with Gasteiger partial charge < -0.3 is 19.0 Å². The SMILES string of the molecule is CCC[Si](OCC)(OCC)OCC.NC(=O)c1cc([N+](=O)[O-])cc([N+](=O)[O-])c1. The van der Waals surface area contributed by atoms with Gasteiger partial charge in [0.2, 0.25) is 5.91 Å². The van der Waals surface area contributed by atoms with Crippen molar-refractivity contribution in [3.63, 3.8) is 0 Å². The van der Waals surface area contributed by atoms with E-state index in [0.717, 1.165) is 30.7 Å². The molecule has 0 bridgehead atoms. The van der Waals surface area contributed by atoms with Crippen molar-refractivity contribution in [2.24, 2.45) is 5.73 Å². The average Bonchev–Trinajstić information content (AvgIpc) is 2.62. The molecule has 0 aliphatic carbocycles. The minimum atomic E-state index is -2.30. The molecule has 0 unspecified atom stereocenters. The molecule has 0 saturated carbocycles. The molecule has 1 aromatic rings. The molecule has 0 radical (unpaired) electrons. The lowest BCUT2D eigenvalue weighted by molar-refractivity contribution is -0.394. The molecule has 0 aliphatic heterocycles. The van der Waals surface area contributed by atoms with E-state index in [-0.39, 0.29) is 5.56 Å². The van der Waals surface area contributed by atoms with Crippen LogP contribution in [0.1, 0.15) is 44.5 Å². The van der Waals surface area contributed by atoms with Crippen LogP contribution in [0, 0.1) is 20.2 Å². The first-order chi connectivity index (χ1) is 13.2. The van der Waals surface area contributed by atoms with Crippen molar-refractivity contribution < 1.29 is 27.9 Å². The van der Waals surface area contributed by atoms with Gasteiger partial charge in [-0.2, -0.15) is 0 Å². The summed E-state index contributed by atoms with van der Waals surface area (Å²) in [6.45, 7) is 10.1. The molecular weight excluding hydrogens is 390 g/mol. The van der Waals surface area contributed by atoms with Crippen LogP contribution in [-0.4, -0.2) is 44.4 Å². The van der Waals surface area contributed by atoms with Crippen molar-refractivity contribution in [2.45, 2.75) is 40.2 Å². The lowest BCUT2D eigenvalue weighted by Crippen LogP contribution is -2.45. The molecule has 0 spiro atoms. The van der Waals surface area contributed by atoms with Gasteiger partial charge in [-0.3, -0.25) is 25.0 Å². The smallest absolute Gasteiger partial charge is 0.374 e. The van der Waals surface area contributed by atoms with Crippen LogP contribution in [0.2, 0.25) is 6.04 Å². The number of non-ortho nitro benzene ring substituents is 2. The number of amides is 1. The highest BCUT2D eigenvalue weighted by molar-refractivity contribution is 6.60. The van der Waals surface area contributed by atoms with Crippen LogP contribution in [-0.2, 0) is 13.3 Å². The molecule has 0 aromatic heterocycles. The number of rotatable bonds is 11. The Morgan fingerprint density at radius 2 is 1.32 bits per heavy atom. The summed E-state index contributed by atoms with van der Waals surface area (Å²) in [6, 6.07) is 3.44. The third kappa shape index (κ3) is 8.52. The maximum Gasteiger partial charge on any atom is 0.500 e. The van der Waals surface area contributed by atoms with Gasteiger partial charge in [-0.05, 0) is 20.8 Å². The van der Waals surface area contributed by atoms with Crippen molar-refractivity contribution in [1.82, 2.24) is 0 Å². The topological polar surface area (TPSA) is 157 Å². The van der Waals surface area contributed by atoms with Gasteiger partial charge in [-0.25, -0.2) is 0 Å². The van der Waals surface area contributed by atoms with Crippen molar-refractivity contribution in [2.75, 3.05) is 19.8 Å². The van der Waals surface area contributed by atoms with Crippen molar-refractivity contribution in [3.05, 3.63) is 44.0 Å². The number of nitrogens with zero attached hydrogens (tertiary/aromatic N) is 2. The first kappa shape index (κ1) is 25.6. The lowest BCUT2D eigenvalue weighted by atomic mass is 10.1. The van der Waals surface area contributed by atoms with Crippen LogP contribution >= 0.6 is 0 Å². The van der Waals surface area contributed by atoms with Crippen LogP contribution in [0.25, 0.3) is 0 Å². The molecule has 1 rings (SSSR count). The standard InChI is InChI=1S/C9H22O3Si.C7H5N3O5/c1-5-9-13(10-6-2,11-7-3)12-8-4;8-7(11)4-1-5(9(12)13)3-6(2-4)10(14)15/h5-9H2,1-4H3;1-3H,(H2,8,11). The Kier molecular flexibility index (Phi) is 11.8. The second-order valence-electron chi connectivity index (χ2n) is 5.35. The van der Waals surface area contributed by atoms with E-state index in [2.05, 4.69) is 6.92 Å². The fraction of sp³-hybridized carbons (Fsp3) is 0.562. The third-order valence-corrected chi connectivity index (χ3v) is 6.56. The highest BCUT2D eigenvalue weighted by Gasteiger charge is 2.38. The summed E-state index contributed by atoms with van der Waals surface area (Å²) in [6.07, 6.45) is 1.05.